The Bertz CT molecular complexity index is 594. The lowest BCUT2D eigenvalue weighted by molar-refractivity contribution is 0.0664. The molecule has 0 aliphatic heterocycles. The molecule has 0 atom stereocenters. The first kappa shape index (κ1) is 10.2. The van der Waals surface area contributed by atoms with Gasteiger partial charge >= 0.3 is 5.97 Å². The predicted molar refractivity (Wildman–Crippen MR) is 54.8 cm³/mol. The van der Waals surface area contributed by atoms with E-state index in [1.54, 1.807) is 0 Å². The second kappa shape index (κ2) is 3.37. The fourth-order valence-electron chi connectivity index (χ4n) is 1.52. The molecule has 0 saturated carbocycles. The third-order valence-corrected chi connectivity index (χ3v) is 2.25. The van der Waals surface area contributed by atoms with Gasteiger partial charge in [-0.1, -0.05) is 0 Å². The molecule has 2 N–H and O–H groups in total. The van der Waals surface area contributed by atoms with E-state index in [1.165, 1.54) is 25.1 Å². The molecule has 82 valence electrons. The Balaban J connectivity index is 2.82. The van der Waals surface area contributed by atoms with Gasteiger partial charge in [0, 0.05) is 17.0 Å². The van der Waals surface area contributed by atoms with Crippen LogP contribution in [0.4, 0.5) is 0 Å². The molecule has 0 amide bonds. The number of aromatic hydroxyl groups is 1. The molecular formula is C11H8O5. The number of ketones is 1. The topological polar surface area (TPSA) is 87.7 Å². The molecule has 0 unspecified atom stereocenters. The van der Waals surface area contributed by atoms with Crippen LogP contribution in [0.5, 0.6) is 5.75 Å². The Morgan fingerprint density at radius 1 is 1.31 bits per heavy atom. The number of carbonyl (C=O) groups is 2. The number of benzene rings is 1. The van der Waals surface area contributed by atoms with Crippen molar-refractivity contribution in [3.05, 3.63) is 29.5 Å². The van der Waals surface area contributed by atoms with Crippen molar-refractivity contribution in [3.63, 3.8) is 0 Å². The van der Waals surface area contributed by atoms with Gasteiger partial charge in [0.2, 0.25) is 5.76 Å². The maximum Gasteiger partial charge on any atom is 0.371 e. The summed E-state index contributed by atoms with van der Waals surface area (Å²) in [5.41, 5.74) is 0.342. The zero-order valence-electron chi connectivity index (χ0n) is 8.35. The molecule has 1 aromatic heterocycles. The van der Waals surface area contributed by atoms with Crippen LogP contribution in [0.3, 0.4) is 0 Å². The SMILES string of the molecule is CC(=O)c1ccc(O)c2oc(C(=O)O)cc12. The van der Waals surface area contributed by atoms with Gasteiger partial charge in [-0.3, -0.25) is 4.79 Å². The second-order valence-corrected chi connectivity index (χ2v) is 3.35. The first-order valence-electron chi connectivity index (χ1n) is 4.50. The molecule has 0 spiro atoms. The van der Waals surface area contributed by atoms with Crippen LogP contribution < -0.4 is 0 Å². The predicted octanol–water partition coefficient (Wildman–Crippen LogP) is 2.04. The lowest BCUT2D eigenvalue weighted by Crippen LogP contribution is -1.92. The van der Waals surface area contributed by atoms with Gasteiger partial charge in [-0.25, -0.2) is 4.79 Å². The Kier molecular flexibility index (Phi) is 2.16. The smallest absolute Gasteiger partial charge is 0.371 e. The summed E-state index contributed by atoms with van der Waals surface area (Å²) in [4.78, 5) is 22.0. The number of carboxylic acid groups (broad SMARTS) is 1. The highest BCUT2D eigenvalue weighted by Gasteiger charge is 2.17. The highest BCUT2D eigenvalue weighted by atomic mass is 16.4. The van der Waals surface area contributed by atoms with Crippen LogP contribution in [0.1, 0.15) is 27.8 Å². The van der Waals surface area contributed by atoms with E-state index in [0.29, 0.717) is 10.9 Å². The highest BCUT2D eigenvalue weighted by molar-refractivity contribution is 6.08. The van der Waals surface area contributed by atoms with E-state index in [9.17, 15) is 14.7 Å². The highest BCUT2D eigenvalue weighted by Crippen LogP contribution is 2.30. The minimum Gasteiger partial charge on any atom is -0.504 e. The van der Waals surface area contributed by atoms with E-state index in [4.69, 9.17) is 9.52 Å². The van der Waals surface area contributed by atoms with E-state index in [-0.39, 0.29) is 22.9 Å². The third kappa shape index (κ3) is 1.42. The number of Topliss-reactive ketones (excluding diaryl/α,β-unsaturated/α-hetero) is 1. The molecule has 5 nitrogen and oxygen atoms in total. The van der Waals surface area contributed by atoms with Crippen molar-refractivity contribution in [2.75, 3.05) is 0 Å². The maximum absolute atomic E-state index is 11.3. The Morgan fingerprint density at radius 2 is 2.00 bits per heavy atom. The minimum atomic E-state index is -1.25. The average Bonchev–Trinajstić information content (AvgIpc) is 2.62. The van der Waals surface area contributed by atoms with Crippen LogP contribution >= 0.6 is 0 Å². The van der Waals surface area contributed by atoms with E-state index in [2.05, 4.69) is 0 Å². The summed E-state index contributed by atoms with van der Waals surface area (Å²) in [5, 5.41) is 18.5. The number of hydrogen-bond donors (Lipinski definition) is 2. The first-order chi connectivity index (χ1) is 7.50. The average molecular weight is 220 g/mol. The molecule has 0 fully saturated rings. The van der Waals surface area contributed by atoms with Gasteiger partial charge < -0.3 is 14.6 Å². The summed E-state index contributed by atoms with van der Waals surface area (Å²) < 4.78 is 4.95. The fourth-order valence-corrected chi connectivity index (χ4v) is 1.52. The first-order valence-corrected chi connectivity index (χ1v) is 4.50. The largest absolute Gasteiger partial charge is 0.504 e. The normalized spacial score (nSPS) is 10.6. The number of phenolic OH excluding ortho intramolecular Hbond substituents is 1. The van der Waals surface area contributed by atoms with E-state index in [1.807, 2.05) is 0 Å². The van der Waals surface area contributed by atoms with Gasteiger partial charge in [-0.2, -0.15) is 0 Å². The summed E-state index contributed by atoms with van der Waals surface area (Å²) in [7, 11) is 0. The number of fused-ring (bicyclic) bond motifs is 1. The zero-order chi connectivity index (χ0) is 11.9. The molecule has 16 heavy (non-hydrogen) atoms. The fraction of sp³-hybridized carbons (Fsp3) is 0.0909. The van der Waals surface area contributed by atoms with Gasteiger partial charge in [-0.05, 0) is 19.1 Å². The van der Waals surface area contributed by atoms with Crippen molar-refractivity contribution in [3.8, 4) is 5.75 Å². The molecule has 2 aromatic rings. The van der Waals surface area contributed by atoms with Crippen molar-refractivity contribution in [2.45, 2.75) is 6.92 Å². The second-order valence-electron chi connectivity index (χ2n) is 3.35. The molecule has 1 heterocycles. The number of phenols is 1. The van der Waals surface area contributed by atoms with Crippen LogP contribution in [-0.2, 0) is 0 Å². The molecule has 0 aliphatic rings. The van der Waals surface area contributed by atoms with Gasteiger partial charge in [0.05, 0.1) is 0 Å². The monoisotopic (exact) mass is 220 g/mol. The third-order valence-electron chi connectivity index (χ3n) is 2.25. The van der Waals surface area contributed by atoms with Crippen molar-refractivity contribution in [2.24, 2.45) is 0 Å². The Labute approximate surface area is 89.9 Å². The molecule has 0 aliphatic carbocycles. The minimum absolute atomic E-state index is 0.0186. The van der Waals surface area contributed by atoms with Crippen molar-refractivity contribution >= 4 is 22.7 Å². The summed E-state index contributed by atoms with van der Waals surface area (Å²) in [6, 6.07) is 3.96. The van der Waals surface area contributed by atoms with Crippen molar-refractivity contribution < 1.29 is 24.2 Å². The molecule has 5 heteroatoms. The Hall–Kier alpha value is -2.30. The Morgan fingerprint density at radius 3 is 2.56 bits per heavy atom. The summed E-state index contributed by atoms with van der Waals surface area (Å²) in [5.74, 6) is -1.96. The van der Waals surface area contributed by atoms with E-state index < -0.39 is 5.97 Å². The van der Waals surface area contributed by atoms with Gasteiger partial charge in [0.1, 0.15) is 0 Å². The van der Waals surface area contributed by atoms with Crippen molar-refractivity contribution in [1.82, 2.24) is 0 Å². The van der Waals surface area contributed by atoms with Gasteiger partial charge in [0.15, 0.2) is 17.1 Å². The van der Waals surface area contributed by atoms with Gasteiger partial charge in [-0.15, -0.1) is 0 Å². The summed E-state index contributed by atoms with van der Waals surface area (Å²) in [6.45, 7) is 1.36. The standard InChI is InChI=1S/C11H8O5/c1-5(12)6-2-3-8(13)10-7(6)4-9(16-10)11(14)15/h2-4,13H,1H3,(H,14,15). The van der Waals surface area contributed by atoms with Gasteiger partial charge in [0.25, 0.3) is 0 Å². The number of hydrogen-bond acceptors (Lipinski definition) is 4. The van der Waals surface area contributed by atoms with Crippen molar-refractivity contribution in [1.29, 1.82) is 0 Å². The van der Waals surface area contributed by atoms with Crippen LogP contribution in [0.2, 0.25) is 0 Å². The quantitative estimate of drug-likeness (QED) is 0.756. The number of carboxylic acids is 1. The zero-order valence-corrected chi connectivity index (χ0v) is 8.35. The molecule has 0 saturated heterocycles. The van der Waals surface area contributed by atoms with Crippen LogP contribution in [0.15, 0.2) is 22.6 Å². The lowest BCUT2D eigenvalue weighted by Gasteiger charge is -1.98. The number of aromatic carboxylic acids is 1. The number of furan rings is 1. The van der Waals surface area contributed by atoms with Crippen LogP contribution in [0, 0.1) is 0 Å². The van der Waals surface area contributed by atoms with E-state index in [0.717, 1.165) is 0 Å². The molecule has 1 aromatic carbocycles. The molecule has 0 bridgehead atoms. The summed E-state index contributed by atoms with van der Waals surface area (Å²) >= 11 is 0. The lowest BCUT2D eigenvalue weighted by atomic mass is 10.1. The molecule has 2 rings (SSSR count). The molecule has 0 radical (unpaired) electrons. The van der Waals surface area contributed by atoms with Crippen LogP contribution in [-0.4, -0.2) is 22.0 Å². The van der Waals surface area contributed by atoms with Crippen LogP contribution in [0.25, 0.3) is 11.0 Å². The number of rotatable bonds is 2. The summed E-state index contributed by atoms with van der Waals surface area (Å²) in [6.07, 6.45) is 0. The molecular weight excluding hydrogens is 212 g/mol. The number of carbonyl (C=O) groups excluding carboxylic acids is 1. The maximum atomic E-state index is 11.3. The van der Waals surface area contributed by atoms with E-state index >= 15 is 0 Å².